The van der Waals surface area contributed by atoms with Gasteiger partial charge in [0.05, 0.1) is 0 Å². The highest BCUT2D eigenvalue weighted by atomic mass is 35.5. The minimum Gasteiger partial charge on any atom is -0.477 e. The number of carboxylic acid groups (broad SMARTS) is 1. The van der Waals surface area contributed by atoms with Crippen molar-refractivity contribution in [3.63, 3.8) is 0 Å². The van der Waals surface area contributed by atoms with Gasteiger partial charge in [-0.05, 0) is 68.0 Å². The zero-order valence-corrected chi connectivity index (χ0v) is 17.1. The summed E-state index contributed by atoms with van der Waals surface area (Å²) < 4.78 is 0. The van der Waals surface area contributed by atoms with E-state index in [1.54, 1.807) is 12.1 Å². The molecule has 4 nitrogen and oxygen atoms in total. The fraction of sp³-hybridized carbons (Fsp3) is 0.400. The number of benzene rings is 1. The maximum atomic E-state index is 12.3. The number of thiophene rings is 1. The Hall–Kier alpha value is -1.56. The van der Waals surface area contributed by atoms with Gasteiger partial charge in [-0.2, -0.15) is 0 Å². The summed E-state index contributed by atoms with van der Waals surface area (Å²) in [5.41, 5.74) is 1.03. The summed E-state index contributed by atoms with van der Waals surface area (Å²) in [6, 6.07) is 9.28. The third kappa shape index (κ3) is 5.47. The van der Waals surface area contributed by atoms with E-state index in [1.165, 1.54) is 11.3 Å². The monoisotopic (exact) mass is 425 g/mol. The minimum absolute atomic E-state index is 0.206. The highest BCUT2D eigenvalue weighted by Gasteiger charge is 2.30. The molecule has 1 fully saturated rings. The lowest BCUT2D eigenvalue weighted by molar-refractivity contribution is -0.129. The van der Waals surface area contributed by atoms with Crippen LogP contribution in [0.25, 0.3) is 0 Å². The van der Waals surface area contributed by atoms with Crippen LogP contribution in [0.1, 0.15) is 45.8 Å². The molecule has 2 heterocycles. The first-order valence-corrected chi connectivity index (χ1v) is 10.6. The zero-order chi connectivity index (χ0) is 19.4. The van der Waals surface area contributed by atoms with Gasteiger partial charge < -0.3 is 10.0 Å². The Morgan fingerprint density at radius 1 is 1.19 bits per heavy atom. The van der Waals surface area contributed by atoms with Gasteiger partial charge in [-0.1, -0.05) is 23.2 Å². The Morgan fingerprint density at radius 2 is 1.93 bits per heavy atom. The van der Waals surface area contributed by atoms with Crippen LogP contribution in [0, 0.1) is 0 Å². The van der Waals surface area contributed by atoms with Crippen LogP contribution in [-0.4, -0.2) is 34.5 Å². The lowest BCUT2D eigenvalue weighted by Gasteiger charge is -2.25. The van der Waals surface area contributed by atoms with Gasteiger partial charge in [0.25, 0.3) is 0 Å². The van der Waals surface area contributed by atoms with Crippen molar-refractivity contribution >= 4 is 46.4 Å². The van der Waals surface area contributed by atoms with E-state index >= 15 is 0 Å². The molecule has 7 heteroatoms. The molecule has 1 N–H and O–H groups in total. The molecule has 1 aromatic carbocycles. The fourth-order valence-electron chi connectivity index (χ4n) is 3.54. The van der Waals surface area contributed by atoms with Crippen molar-refractivity contribution in [3.8, 4) is 0 Å². The van der Waals surface area contributed by atoms with Crippen LogP contribution >= 0.6 is 34.5 Å². The van der Waals surface area contributed by atoms with E-state index in [0.717, 1.165) is 42.5 Å². The molecule has 1 aliphatic heterocycles. The molecule has 2 aromatic rings. The van der Waals surface area contributed by atoms with Crippen molar-refractivity contribution in [1.29, 1.82) is 0 Å². The molecule has 0 radical (unpaired) electrons. The summed E-state index contributed by atoms with van der Waals surface area (Å²) in [7, 11) is 0. The number of hydrogen-bond donors (Lipinski definition) is 1. The fourth-order valence-corrected chi connectivity index (χ4v) is 5.00. The van der Waals surface area contributed by atoms with Gasteiger partial charge in [-0.15, -0.1) is 11.3 Å². The van der Waals surface area contributed by atoms with E-state index in [2.05, 4.69) is 0 Å². The number of amides is 1. The Balaban J connectivity index is 1.51. The summed E-state index contributed by atoms with van der Waals surface area (Å²) in [6.07, 6.45) is 4.94. The molecule has 1 saturated heterocycles. The van der Waals surface area contributed by atoms with Crippen LogP contribution in [0.15, 0.2) is 30.3 Å². The van der Waals surface area contributed by atoms with Crippen LogP contribution in [0.2, 0.25) is 10.0 Å². The minimum atomic E-state index is -0.875. The van der Waals surface area contributed by atoms with Crippen LogP contribution < -0.4 is 0 Å². The standard InChI is InChI=1S/C20H21Cl2NO3S/c21-14-10-13(11-15(22)12-14)8-9-23-16(4-7-19(23)24)2-1-3-17-5-6-18(27-17)20(25)26/h5-6,10-12,16H,1-4,7-9H2,(H,25,26)/t16-/m0/s1. The molecule has 0 aliphatic carbocycles. The molecule has 0 unspecified atom stereocenters. The number of rotatable bonds is 8. The normalized spacial score (nSPS) is 16.9. The molecule has 1 amide bonds. The number of nitrogens with zero attached hydrogens (tertiary/aromatic N) is 1. The Labute approximate surface area is 172 Å². The predicted molar refractivity (Wildman–Crippen MR) is 109 cm³/mol. The van der Waals surface area contributed by atoms with Crippen molar-refractivity contribution in [3.05, 3.63) is 55.7 Å². The van der Waals surface area contributed by atoms with E-state index in [-0.39, 0.29) is 11.9 Å². The molecule has 1 atom stereocenters. The maximum Gasteiger partial charge on any atom is 0.345 e. The van der Waals surface area contributed by atoms with E-state index in [0.29, 0.717) is 27.9 Å². The van der Waals surface area contributed by atoms with Crippen LogP contribution in [0.3, 0.4) is 0 Å². The van der Waals surface area contributed by atoms with Gasteiger partial charge in [0.15, 0.2) is 0 Å². The number of likely N-dealkylation sites (tertiary alicyclic amines) is 1. The van der Waals surface area contributed by atoms with Gasteiger partial charge in [0.1, 0.15) is 4.88 Å². The quantitative estimate of drug-likeness (QED) is 0.623. The summed E-state index contributed by atoms with van der Waals surface area (Å²) in [5, 5.41) is 10.2. The largest absolute Gasteiger partial charge is 0.477 e. The third-order valence-electron chi connectivity index (χ3n) is 4.85. The highest BCUT2D eigenvalue weighted by molar-refractivity contribution is 7.13. The van der Waals surface area contributed by atoms with Crippen molar-refractivity contribution in [2.75, 3.05) is 6.54 Å². The summed E-state index contributed by atoms with van der Waals surface area (Å²) in [4.78, 5) is 26.7. The topological polar surface area (TPSA) is 57.6 Å². The number of halogens is 2. The molecular weight excluding hydrogens is 405 g/mol. The molecule has 0 bridgehead atoms. The van der Waals surface area contributed by atoms with Crippen molar-refractivity contribution in [2.24, 2.45) is 0 Å². The molecule has 0 saturated carbocycles. The molecule has 1 aliphatic rings. The second kappa shape index (κ2) is 9.09. The van der Waals surface area contributed by atoms with Crippen molar-refractivity contribution in [1.82, 2.24) is 4.90 Å². The van der Waals surface area contributed by atoms with Gasteiger partial charge in [-0.25, -0.2) is 4.79 Å². The first kappa shape index (κ1) is 20.2. The maximum absolute atomic E-state index is 12.3. The molecule has 0 spiro atoms. The second-order valence-electron chi connectivity index (χ2n) is 6.77. The Kier molecular flexibility index (Phi) is 6.79. The Morgan fingerprint density at radius 3 is 2.59 bits per heavy atom. The average Bonchev–Trinajstić information content (AvgIpc) is 3.20. The van der Waals surface area contributed by atoms with E-state index in [4.69, 9.17) is 28.3 Å². The highest BCUT2D eigenvalue weighted by Crippen LogP contribution is 2.26. The number of aromatic carboxylic acids is 1. The SMILES string of the molecule is O=C(O)c1ccc(CCC[C@H]2CCC(=O)N2CCc2cc(Cl)cc(Cl)c2)s1. The first-order valence-electron chi connectivity index (χ1n) is 8.99. The predicted octanol–water partition coefficient (Wildman–Crippen LogP) is 5.31. The van der Waals surface area contributed by atoms with Crippen LogP contribution in [0.5, 0.6) is 0 Å². The van der Waals surface area contributed by atoms with E-state index in [9.17, 15) is 9.59 Å². The van der Waals surface area contributed by atoms with Gasteiger partial charge in [-0.3, -0.25) is 4.79 Å². The molecular formula is C20H21Cl2NO3S. The molecule has 1 aromatic heterocycles. The van der Waals surface area contributed by atoms with Crippen LogP contribution in [0.4, 0.5) is 0 Å². The molecule has 144 valence electrons. The van der Waals surface area contributed by atoms with E-state index in [1.807, 2.05) is 23.1 Å². The average molecular weight is 426 g/mol. The summed E-state index contributed by atoms with van der Waals surface area (Å²) in [6.45, 7) is 0.669. The first-order chi connectivity index (χ1) is 12.9. The number of hydrogen-bond acceptors (Lipinski definition) is 3. The third-order valence-corrected chi connectivity index (χ3v) is 6.42. The smallest absolute Gasteiger partial charge is 0.345 e. The van der Waals surface area contributed by atoms with Crippen LogP contribution in [-0.2, 0) is 17.6 Å². The Bertz CT molecular complexity index is 816. The lowest BCUT2D eigenvalue weighted by atomic mass is 10.1. The number of carbonyl (C=O) groups excluding carboxylic acids is 1. The second-order valence-corrected chi connectivity index (χ2v) is 8.81. The molecule has 3 rings (SSSR count). The summed E-state index contributed by atoms with van der Waals surface area (Å²) >= 11 is 13.4. The summed E-state index contributed by atoms with van der Waals surface area (Å²) in [5.74, 6) is -0.669. The number of aryl methyl sites for hydroxylation is 1. The van der Waals surface area contributed by atoms with Gasteiger partial charge >= 0.3 is 5.97 Å². The molecule has 27 heavy (non-hydrogen) atoms. The van der Waals surface area contributed by atoms with Gasteiger partial charge in [0.2, 0.25) is 5.91 Å². The van der Waals surface area contributed by atoms with Gasteiger partial charge in [0, 0.05) is 33.9 Å². The number of carbonyl (C=O) groups is 2. The van der Waals surface area contributed by atoms with E-state index < -0.39 is 5.97 Å². The van der Waals surface area contributed by atoms with Crippen molar-refractivity contribution in [2.45, 2.75) is 44.6 Å². The lowest BCUT2D eigenvalue weighted by Crippen LogP contribution is -2.34. The zero-order valence-electron chi connectivity index (χ0n) is 14.8. The number of carboxylic acids is 1. The van der Waals surface area contributed by atoms with Crippen molar-refractivity contribution < 1.29 is 14.7 Å².